The molecule has 0 unspecified atom stereocenters. The Bertz CT molecular complexity index is 689. The van der Waals surface area contributed by atoms with Crippen LogP contribution in [0.1, 0.15) is 5.01 Å². The summed E-state index contributed by atoms with van der Waals surface area (Å²) in [5, 5.41) is 2.81. The van der Waals surface area contributed by atoms with Crippen LogP contribution in [0.2, 0.25) is 0 Å². The molecule has 2 heterocycles. The Morgan fingerprint density at radius 3 is 2.68 bits per heavy atom. The second-order valence-electron chi connectivity index (χ2n) is 3.95. The monoisotopic (exact) mass is 290 g/mol. The van der Waals surface area contributed by atoms with E-state index in [0.717, 1.165) is 20.5 Å². The van der Waals surface area contributed by atoms with Crippen LogP contribution < -0.4 is 5.73 Å². The number of rotatable bonds is 3. The van der Waals surface area contributed by atoms with Crippen LogP contribution in [0.3, 0.4) is 0 Å². The standard InChI is InChI=1S/C14H11FN2S2/c15-10-5-2-1-4-9(10)14-13(11-6-3-7-18-11)17-12(8-16)19-14/h1-7H,8,16H2. The minimum atomic E-state index is -0.229. The predicted octanol–water partition coefficient (Wildman–Crippen LogP) is 4.14. The number of nitrogens with zero attached hydrogens (tertiary/aromatic N) is 1. The molecular weight excluding hydrogens is 279 g/mol. The van der Waals surface area contributed by atoms with Gasteiger partial charge in [-0.2, -0.15) is 0 Å². The molecule has 2 N–H and O–H groups in total. The van der Waals surface area contributed by atoms with E-state index in [2.05, 4.69) is 4.98 Å². The van der Waals surface area contributed by atoms with E-state index in [-0.39, 0.29) is 5.82 Å². The Morgan fingerprint density at radius 1 is 1.16 bits per heavy atom. The van der Waals surface area contributed by atoms with Crippen molar-refractivity contribution in [3.8, 4) is 21.0 Å². The van der Waals surface area contributed by atoms with Gasteiger partial charge in [0.1, 0.15) is 10.8 Å². The van der Waals surface area contributed by atoms with Crippen LogP contribution in [0.15, 0.2) is 41.8 Å². The normalized spacial score (nSPS) is 10.8. The van der Waals surface area contributed by atoms with Crippen molar-refractivity contribution in [3.05, 3.63) is 52.6 Å². The molecule has 0 saturated carbocycles. The Morgan fingerprint density at radius 2 is 2.00 bits per heavy atom. The topological polar surface area (TPSA) is 38.9 Å². The van der Waals surface area contributed by atoms with Crippen molar-refractivity contribution >= 4 is 22.7 Å². The molecule has 3 rings (SSSR count). The van der Waals surface area contributed by atoms with E-state index in [0.29, 0.717) is 12.1 Å². The summed E-state index contributed by atoms with van der Waals surface area (Å²) in [5.74, 6) is -0.229. The second-order valence-corrected chi connectivity index (χ2v) is 5.98. The number of hydrogen-bond donors (Lipinski definition) is 1. The maximum Gasteiger partial charge on any atom is 0.131 e. The fourth-order valence-electron chi connectivity index (χ4n) is 1.86. The minimum absolute atomic E-state index is 0.229. The van der Waals surface area contributed by atoms with Gasteiger partial charge in [0.05, 0.1) is 15.4 Å². The van der Waals surface area contributed by atoms with Gasteiger partial charge in [-0.05, 0) is 17.5 Å². The molecule has 0 saturated heterocycles. The first-order valence-corrected chi connectivity index (χ1v) is 7.47. The van der Waals surface area contributed by atoms with Gasteiger partial charge in [-0.15, -0.1) is 22.7 Å². The number of halogens is 1. The molecule has 2 nitrogen and oxygen atoms in total. The van der Waals surface area contributed by atoms with Gasteiger partial charge >= 0.3 is 0 Å². The van der Waals surface area contributed by atoms with Gasteiger partial charge in [0.25, 0.3) is 0 Å². The molecule has 96 valence electrons. The Labute approximate surface area is 118 Å². The molecule has 0 fully saturated rings. The number of hydrogen-bond acceptors (Lipinski definition) is 4. The van der Waals surface area contributed by atoms with E-state index in [1.807, 2.05) is 23.6 Å². The zero-order chi connectivity index (χ0) is 13.2. The van der Waals surface area contributed by atoms with Crippen LogP contribution in [0.4, 0.5) is 4.39 Å². The summed E-state index contributed by atoms with van der Waals surface area (Å²) in [6.07, 6.45) is 0. The van der Waals surface area contributed by atoms with Gasteiger partial charge in [0.15, 0.2) is 0 Å². The highest BCUT2D eigenvalue weighted by atomic mass is 32.1. The van der Waals surface area contributed by atoms with Gasteiger partial charge in [-0.25, -0.2) is 9.37 Å². The molecular formula is C14H11FN2S2. The van der Waals surface area contributed by atoms with Crippen molar-refractivity contribution in [1.82, 2.24) is 4.98 Å². The Hall–Kier alpha value is -1.56. The summed E-state index contributed by atoms with van der Waals surface area (Å²) < 4.78 is 14.0. The van der Waals surface area contributed by atoms with Crippen LogP contribution in [0.5, 0.6) is 0 Å². The van der Waals surface area contributed by atoms with Gasteiger partial charge in [0, 0.05) is 12.1 Å². The van der Waals surface area contributed by atoms with Gasteiger partial charge in [0.2, 0.25) is 0 Å². The first kappa shape index (κ1) is 12.5. The molecule has 0 amide bonds. The first-order valence-electron chi connectivity index (χ1n) is 5.78. The largest absolute Gasteiger partial charge is 0.325 e. The third-order valence-electron chi connectivity index (χ3n) is 2.72. The molecule has 3 aromatic rings. The van der Waals surface area contributed by atoms with E-state index in [1.165, 1.54) is 17.4 Å². The van der Waals surface area contributed by atoms with E-state index in [4.69, 9.17) is 5.73 Å². The molecule has 5 heteroatoms. The summed E-state index contributed by atoms with van der Waals surface area (Å²) in [5.41, 5.74) is 7.07. The summed E-state index contributed by atoms with van der Waals surface area (Å²) in [7, 11) is 0. The highest BCUT2D eigenvalue weighted by Gasteiger charge is 2.17. The minimum Gasteiger partial charge on any atom is -0.325 e. The summed E-state index contributed by atoms with van der Waals surface area (Å²) in [4.78, 5) is 6.41. The van der Waals surface area contributed by atoms with Crippen LogP contribution in [0.25, 0.3) is 21.0 Å². The lowest BCUT2D eigenvalue weighted by atomic mass is 10.1. The highest BCUT2D eigenvalue weighted by Crippen LogP contribution is 2.39. The lowest BCUT2D eigenvalue weighted by molar-refractivity contribution is 0.631. The first-order chi connectivity index (χ1) is 9.29. The van der Waals surface area contributed by atoms with Crippen molar-refractivity contribution in [1.29, 1.82) is 0 Å². The van der Waals surface area contributed by atoms with Crippen molar-refractivity contribution in [2.45, 2.75) is 6.54 Å². The van der Waals surface area contributed by atoms with Crippen LogP contribution in [0, 0.1) is 5.82 Å². The quantitative estimate of drug-likeness (QED) is 0.787. The third-order valence-corrected chi connectivity index (χ3v) is 4.71. The molecule has 0 bridgehead atoms. The molecule has 0 radical (unpaired) electrons. The van der Waals surface area contributed by atoms with E-state index < -0.39 is 0 Å². The SMILES string of the molecule is NCc1nc(-c2cccs2)c(-c2ccccc2F)s1. The van der Waals surface area contributed by atoms with Gasteiger partial charge in [-0.3, -0.25) is 0 Å². The Kier molecular flexibility index (Phi) is 3.42. The van der Waals surface area contributed by atoms with Crippen LogP contribution in [-0.4, -0.2) is 4.98 Å². The van der Waals surface area contributed by atoms with Crippen molar-refractivity contribution in [2.75, 3.05) is 0 Å². The number of benzene rings is 1. The molecule has 1 aromatic carbocycles. The molecule has 0 atom stereocenters. The van der Waals surface area contributed by atoms with E-state index >= 15 is 0 Å². The number of thiazole rings is 1. The fraction of sp³-hybridized carbons (Fsp3) is 0.0714. The summed E-state index contributed by atoms with van der Waals surface area (Å²) >= 11 is 3.05. The molecule has 0 aliphatic carbocycles. The Balaban J connectivity index is 2.21. The zero-order valence-corrected chi connectivity index (χ0v) is 11.6. The molecule has 0 aliphatic rings. The van der Waals surface area contributed by atoms with Gasteiger partial charge in [-0.1, -0.05) is 24.3 Å². The summed E-state index contributed by atoms with van der Waals surface area (Å²) in [6, 6.07) is 10.7. The van der Waals surface area contributed by atoms with Crippen molar-refractivity contribution < 1.29 is 4.39 Å². The average Bonchev–Trinajstić information content (AvgIpc) is 3.08. The number of aromatic nitrogens is 1. The van der Waals surface area contributed by atoms with Gasteiger partial charge < -0.3 is 5.73 Å². The average molecular weight is 290 g/mol. The predicted molar refractivity (Wildman–Crippen MR) is 78.7 cm³/mol. The second kappa shape index (κ2) is 5.21. The van der Waals surface area contributed by atoms with Crippen LogP contribution >= 0.6 is 22.7 Å². The lowest BCUT2D eigenvalue weighted by Gasteiger charge is -2.01. The molecule has 0 spiro atoms. The van der Waals surface area contributed by atoms with E-state index in [9.17, 15) is 4.39 Å². The summed E-state index contributed by atoms with van der Waals surface area (Å²) in [6.45, 7) is 0.373. The van der Waals surface area contributed by atoms with Crippen molar-refractivity contribution in [2.24, 2.45) is 5.73 Å². The number of nitrogens with two attached hydrogens (primary N) is 1. The van der Waals surface area contributed by atoms with Crippen LogP contribution in [-0.2, 0) is 6.54 Å². The maximum atomic E-state index is 14.0. The number of thiophene rings is 1. The molecule has 19 heavy (non-hydrogen) atoms. The highest BCUT2D eigenvalue weighted by molar-refractivity contribution is 7.17. The van der Waals surface area contributed by atoms with Crippen molar-refractivity contribution in [3.63, 3.8) is 0 Å². The third kappa shape index (κ3) is 2.32. The maximum absolute atomic E-state index is 14.0. The zero-order valence-electron chi connectivity index (χ0n) is 9.97. The van der Waals surface area contributed by atoms with E-state index in [1.54, 1.807) is 23.5 Å². The smallest absolute Gasteiger partial charge is 0.131 e. The molecule has 2 aromatic heterocycles. The molecule has 0 aliphatic heterocycles. The fourth-order valence-corrected chi connectivity index (χ4v) is 3.63. The lowest BCUT2D eigenvalue weighted by Crippen LogP contribution is -1.94.